The summed E-state index contributed by atoms with van der Waals surface area (Å²) in [5.41, 5.74) is 2.74. The smallest absolute Gasteiger partial charge is 0.256 e. The fraction of sp³-hybridized carbons (Fsp3) is 0.0588. The van der Waals surface area contributed by atoms with Crippen molar-refractivity contribution < 1.29 is 4.79 Å². The summed E-state index contributed by atoms with van der Waals surface area (Å²) in [7, 11) is 0. The SMILES string of the molecule is O=C(Nc1cc(Cc2ccccc2)[nH]n1)c1ccc(Br)cc1. The van der Waals surface area contributed by atoms with E-state index in [2.05, 4.69) is 43.6 Å². The molecule has 110 valence electrons. The number of carbonyl (C=O) groups excluding carboxylic acids is 1. The van der Waals surface area contributed by atoms with Gasteiger partial charge in [-0.1, -0.05) is 46.3 Å². The van der Waals surface area contributed by atoms with Gasteiger partial charge in [0.15, 0.2) is 5.82 Å². The normalized spacial score (nSPS) is 10.4. The van der Waals surface area contributed by atoms with Crippen molar-refractivity contribution >= 4 is 27.7 Å². The highest BCUT2D eigenvalue weighted by Gasteiger charge is 2.08. The van der Waals surface area contributed by atoms with Crippen LogP contribution in [-0.4, -0.2) is 16.1 Å². The maximum Gasteiger partial charge on any atom is 0.256 e. The number of rotatable bonds is 4. The van der Waals surface area contributed by atoms with E-state index in [-0.39, 0.29) is 5.91 Å². The van der Waals surface area contributed by atoms with E-state index in [0.717, 1.165) is 16.6 Å². The molecular weight excluding hydrogens is 342 g/mol. The second-order valence-corrected chi connectivity index (χ2v) is 5.82. The van der Waals surface area contributed by atoms with Crippen molar-refractivity contribution in [2.75, 3.05) is 5.32 Å². The summed E-state index contributed by atoms with van der Waals surface area (Å²) in [6.07, 6.45) is 0.752. The summed E-state index contributed by atoms with van der Waals surface area (Å²) in [6, 6.07) is 19.1. The minimum Gasteiger partial charge on any atom is -0.305 e. The largest absolute Gasteiger partial charge is 0.305 e. The van der Waals surface area contributed by atoms with Gasteiger partial charge in [0, 0.05) is 28.2 Å². The molecule has 1 amide bonds. The zero-order valence-corrected chi connectivity index (χ0v) is 13.3. The highest BCUT2D eigenvalue weighted by molar-refractivity contribution is 9.10. The number of amides is 1. The van der Waals surface area contributed by atoms with Crippen molar-refractivity contribution in [3.05, 3.63) is 82.0 Å². The van der Waals surface area contributed by atoms with Gasteiger partial charge in [0.2, 0.25) is 0 Å². The average molecular weight is 356 g/mol. The Morgan fingerprint density at radius 2 is 1.82 bits per heavy atom. The lowest BCUT2D eigenvalue weighted by Crippen LogP contribution is -2.11. The van der Waals surface area contributed by atoms with Gasteiger partial charge in [-0.2, -0.15) is 5.10 Å². The fourth-order valence-electron chi connectivity index (χ4n) is 2.12. The van der Waals surface area contributed by atoms with Crippen LogP contribution in [0.4, 0.5) is 5.82 Å². The van der Waals surface area contributed by atoms with E-state index in [4.69, 9.17) is 0 Å². The van der Waals surface area contributed by atoms with Gasteiger partial charge in [0.05, 0.1) is 0 Å². The predicted molar refractivity (Wildman–Crippen MR) is 89.9 cm³/mol. The number of hydrogen-bond donors (Lipinski definition) is 2. The Balaban J connectivity index is 1.66. The van der Waals surface area contributed by atoms with Crippen molar-refractivity contribution in [2.45, 2.75) is 6.42 Å². The zero-order valence-electron chi connectivity index (χ0n) is 11.7. The molecule has 0 saturated carbocycles. The summed E-state index contributed by atoms with van der Waals surface area (Å²) < 4.78 is 0.939. The monoisotopic (exact) mass is 355 g/mol. The van der Waals surface area contributed by atoms with Crippen LogP contribution in [-0.2, 0) is 6.42 Å². The molecule has 3 rings (SSSR count). The van der Waals surface area contributed by atoms with Crippen molar-refractivity contribution in [1.29, 1.82) is 0 Å². The Bertz CT molecular complexity index is 766. The fourth-order valence-corrected chi connectivity index (χ4v) is 2.39. The van der Waals surface area contributed by atoms with Crippen LogP contribution in [0.15, 0.2) is 65.1 Å². The number of nitrogens with one attached hydrogen (secondary N) is 2. The first-order valence-corrected chi connectivity index (χ1v) is 7.65. The molecule has 1 heterocycles. The Hall–Kier alpha value is -2.40. The summed E-state index contributed by atoms with van der Waals surface area (Å²) in [4.78, 5) is 12.1. The number of benzene rings is 2. The zero-order chi connectivity index (χ0) is 15.4. The molecule has 4 nitrogen and oxygen atoms in total. The number of H-pyrrole nitrogens is 1. The van der Waals surface area contributed by atoms with Crippen LogP contribution in [0.3, 0.4) is 0 Å². The first-order valence-electron chi connectivity index (χ1n) is 6.86. The first-order chi connectivity index (χ1) is 10.7. The van der Waals surface area contributed by atoms with Crippen LogP contribution in [0.5, 0.6) is 0 Å². The van der Waals surface area contributed by atoms with Crippen LogP contribution in [0.2, 0.25) is 0 Å². The molecular formula is C17H14BrN3O. The number of aromatic amines is 1. The number of halogens is 1. The number of carbonyl (C=O) groups is 1. The topological polar surface area (TPSA) is 57.8 Å². The highest BCUT2D eigenvalue weighted by atomic mass is 79.9. The molecule has 0 aliphatic heterocycles. The third kappa shape index (κ3) is 3.62. The summed E-state index contributed by atoms with van der Waals surface area (Å²) in [6.45, 7) is 0. The van der Waals surface area contributed by atoms with E-state index in [9.17, 15) is 4.79 Å². The minimum absolute atomic E-state index is 0.176. The van der Waals surface area contributed by atoms with E-state index in [1.807, 2.05) is 36.4 Å². The van der Waals surface area contributed by atoms with Gasteiger partial charge < -0.3 is 5.32 Å². The van der Waals surface area contributed by atoms with Crippen LogP contribution in [0.1, 0.15) is 21.6 Å². The quantitative estimate of drug-likeness (QED) is 0.742. The molecule has 0 atom stereocenters. The van der Waals surface area contributed by atoms with Crippen molar-refractivity contribution in [2.24, 2.45) is 0 Å². The van der Waals surface area contributed by atoms with Gasteiger partial charge in [0.1, 0.15) is 0 Å². The molecule has 0 spiro atoms. The molecule has 0 saturated heterocycles. The third-order valence-electron chi connectivity index (χ3n) is 3.22. The molecule has 0 aliphatic rings. The predicted octanol–water partition coefficient (Wildman–Crippen LogP) is 4.02. The average Bonchev–Trinajstić information content (AvgIpc) is 2.96. The summed E-state index contributed by atoms with van der Waals surface area (Å²) in [5, 5.41) is 9.86. The molecule has 0 aliphatic carbocycles. The molecule has 0 unspecified atom stereocenters. The van der Waals surface area contributed by atoms with Crippen LogP contribution < -0.4 is 5.32 Å². The maximum absolute atomic E-state index is 12.1. The Labute approximate surface area is 136 Å². The van der Waals surface area contributed by atoms with E-state index in [1.54, 1.807) is 12.1 Å². The standard InChI is InChI=1S/C17H14BrN3O/c18-14-8-6-13(7-9-14)17(22)19-16-11-15(20-21-16)10-12-4-2-1-3-5-12/h1-9,11H,10H2,(H2,19,20,21,22). The van der Waals surface area contributed by atoms with Gasteiger partial charge in [-0.15, -0.1) is 0 Å². The van der Waals surface area contributed by atoms with Crippen LogP contribution >= 0.6 is 15.9 Å². The lowest BCUT2D eigenvalue weighted by Gasteiger charge is -2.01. The van der Waals surface area contributed by atoms with Gasteiger partial charge in [-0.25, -0.2) is 0 Å². The van der Waals surface area contributed by atoms with Crippen molar-refractivity contribution in [3.8, 4) is 0 Å². The maximum atomic E-state index is 12.1. The third-order valence-corrected chi connectivity index (χ3v) is 3.74. The number of hydrogen-bond acceptors (Lipinski definition) is 2. The lowest BCUT2D eigenvalue weighted by molar-refractivity contribution is 0.102. The molecule has 0 radical (unpaired) electrons. The van der Waals surface area contributed by atoms with E-state index in [0.29, 0.717) is 11.4 Å². The minimum atomic E-state index is -0.176. The van der Waals surface area contributed by atoms with Gasteiger partial charge >= 0.3 is 0 Å². The molecule has 2 aromatic carbocycles. The molecule has 0 fully saturated rings. The lowest BCUT2D eigenvalue weighted by atomic mass is 10.1. The molecule has 2 N–H and O–H groups in total. The second-order valence-electron chi connectivity index (χ2n) is 4.90. The van der Waals surface area contributed by atoms with Gasteiger partial charge in [-0.3, -0.25) is 9.89 Å². The number of aromatic nitrogens is 2. The van der Waals surface area contributed by atoms with E-state index >= 15 is 0 Å². The first kappa shape index (κ1) is 14.5. The Morgan fingerprint density at radius 1 is 1.09 bits per heavy atom. The molecule has 3 aromatic rings. The van der Waals surface area contributed by atoms with Crippen LogP contribution in [0, 0.1) is 0 Å². The van der Waals surface area contributed by atoms with E-state index in [1.165, 1.54) is 5.56 Å². The van der Waals surface area contributed by atoms with Gasteiger partial charge in [0.25, 0.3) is 5.91 Å². The second kappa shape index (κ2) is 6.58. The van der Waals surface area contributed by atoms with Crippen molar-refractivity contribution in [1.82, 2.24) is 10.2 Å². The number of anilines is 1. The summed E-state index contributed by atoms with van der Waals surface area (Å²) >= 11 is 3.35. The molecule has 5 heteroatoms. The molecule has 22 heavy (non-hydrogen) atoms. The Morgan fingerprint density at radius 3 is 2.55 bits per heavy atom. The molecule has 1 aromatic heterocycles. The van der Waals surface area contributed by atoms with Crippen LogP contribution in [0.25, 0.3) is 0 Å². The van der Waals surface area contributed by atoms with E-state index < -0.39 is 0 Å². The highest BCUT2D eigenvalue weighted by Crippen LogP contribution is 2.14. The van der Waals surface area contributed by atoms with Crippen molar-refractivity contribution in [3.63, 3.8) is 0 Å². The summed E-state index contributed by atoms with van der Waals surface area (Å²) in [5.74, 6) is 0.351. The van der Waals surface area contributed by atoms with Gasteiger partial charge in [-0.05, 0) is 29.8 Å². The Kier molecular flexibility index (Phi) is 4.34. The molecule has 0 bridgehead atoms. The number of nitrogens with zero attached hydrogens (tertiary/aromatic N) is 1.